The van der Waals surface area contributed by atoms with Crippen LogP contribution in [0.4, 0.5) is 10.1 Å². The summed E-state index contributed by atoms with van der Waals surface area (Å²) < 4.78 is 18.4. The molecule has 0 bridgehead atoms. The summed E-state index contributed by atoms with van der Waals surface area (Å²) in [7, 11) is 0. The average Bonchev–Trinajstić information content (AvgIpc) is 2.40. The molecule has 4 nitrogen and oxygen atoms in total. The number of nitrogens with two attached hydrogens (primary N) is 1. The number of rotatable bonds is 3. The van der Waals surface area contributed by atoms with Crippen LogP contribution in [-0.4, -0.2) is 11.0 Å². The maximum absolute atomic E-state index is 13.4. The van der Waals surface area contributed by atoms with E-state index < -0.39 is 11.8 Å². The standard InChI is InChI=1S/C13H11FN2O2/c14-12-2-1-10(15)7-11(12)13(17)18-8-9-3-5-16-6-4-9/h1-7H,8,15H2. The normalized spacial score (nSPS) is 10.1. The number of nitrogens with zero attached hydrogens (tertiary/aromatic N) is 1. The largest absolute Gasteiger partial charge is 0.457 e. The number of hydrogen-bond acceptors (Lipinski definition) is 4. The summed E-state index contributed by atoms with van der Waals surface area (Å²) in [5.41, 5.74) is 6.42. The number of pyridine rings is 1. The first kappa shape index (κ1) is 12.0. The first-order valence-electron chi connectivity index (χ1n) is 5.28. The van der Waals surface area contributed by atoms with Crippen LogP contribution in [0.3, 0.4) is 0 Å². The number of anilines is 1. The SMILES string of the molecule is Nc1ccc(F)c(C(=O)OCc2ccncc2)c1. The van der Waals surface area contributed by atoms with Gasteiger partial charge in [0.2, 0.25) is 0 Å². The van der Waals surface area contributed by atoms with Gasteiger partial charge in [-0.25, -0.2) is 9.18 Å². The lowest BCUT2D eigenvalue weighted by molar-refractivity contribution is 0.0467. The number of ether oxygens (including phenoxy) is 1. The first-order chi connectivity index (χ1) is 8.66. The van der Waals surface area contributed by atoms with Gasteiger partial charge in [-0.1, -0.05) is 0 Å². The molecule has 2 aromatic rings. The number of hydrogen-bond donors (Lipinski definition) is 1. The second-order valence-corrected chi connectivity index (χ2v) is 3.67. The minimum absolute atomic E-state index is 0.0651. The van der Waals surface area contributed by atoms with Gasteiger partial charge in [-0.05, 0) is 35.9 Å². The van der Waals surface area contributed by atoms with Crippen LogP contribution in [0.1, 0.15) is 15.9 Å². The van der Waals surface area contributed by atoms with Crippen LogP contribution in [0.15, 0.2) is 42.7 Å². The number of esters is 1. The Morgan fingerprint density at radius 1 is 1.28 bits per heavy atom. The van der Waals surface area contributed by atoms with Gasteiger partial charge in [0, 0.05) is 18.1 Å². The van der Waals surface area contributed by atoms with E-state index in [9.17, 15) is 9.18 Å². The van der Waals surface area contributed by atoms with Crippen molar-refractivity contribution in [3.63, 3.8) is 0 Å². The molecular formula is C13H11FN2O2. The van der Waals surface area contributed by atoms with Gasteiger partial charge in [0.05, 0.1) is 5.56 Å². The van der Waals surface area contributed by atoms with Crippen LogP contribution < -0.4 is 5.73 Å². The molecule has 92 valence electrons. The van der Waals surface area contributed by atoms with Gasteiger partial charge in [0.1, 0.15) is 12.4 Å². The van der Waals surface area contributed by atoms with E-state index in [1.165, 1.54) is 12.1 Å². The van der Waals surface area contributed by atoms with Crippen LogP contribution in [0.2, 0.25) is 0 Å². The fourth-order valence-corrected chi connectivity index (χ4v) is 1.40. The second kappa shape index (κ2) is 5.27. The lowest BCUT2D eigenvalue weighted by Gasteiger charge is -2.06. The highest BCUT2D eigenvalue weighted by Crippen LogP contribution is 2.14. The lowest BCUT2D eigenvalue weighted by atomic mass is 10.2. The van der Waals surface area contributed by atoms with Crippen LogP contribution in [-0.2, 0) is 11.3 Å². The molecule has 0 atom stereocenters. The second-order valence-electron chi connectivity index (χ2n) is 3.67. The Kier molecular flexibility index (Phi) is 3.52. The zero-order valence-corrected chi connectivity index (χ0v) is 9.47. The minimum Gasteiger partial charge on any atom is -0.457 e. The van der Waals surface area contributed by atoms with Gasteiger partial charge in [0.25, 0.3) is 0 Å². The predicted molar refractivity (Wildman–Crippen MR) is 64.2 cm³/mol. The lowest BCUT2D eigenvalue weighted by Crippen LogP contribution is -2.08. The van der Waals surface area contributed by atoms with E-state index in [4.69, 9.17) is 10.5 Å². The van der Waals surface area contributed by atoms with Crippen molar-refractivity contribution in [3.05, 3.63) is 59.7 Å². The van der Waals surface area contributed by atoms with E-state index in [0.717, 1.165) is 11.6 Å². The topological polar surface area (TPSA) is 65.2 Å². The van der Waals surface area contributed by atoms with Crippen molar-refractivity contribution < 1.29 is 13.9 Å². The zero-order valence-electron chi connectivity index (χ0n) is 9.47. The Hall–Kier alpha value is -2.43. The molecule has 2 rings (SSSR count). The summed E-state index contributed by atoms with van der Waals surface area (Å²) in [6.07, 6.45) is 3.18. The molecule has 1 aromatic heterocycles. The predicted octanol–water partition coefficient (Wildman–Crippen LogP) is 2.16. The monoisotopic (exact) mass is 246 g/mol. The smallest absolute Gasteiger partial charge is 0.341 e. The molecule has 0 fully saturated rings. The first-order valence-corrected chi connectivity index (χ1v) is 5.28. The van der Waals surface area contributed by atoms with Crippen molar-refractivity contribution in [1.82, 2.24) is 4.98 Å². The molecule has 0 amide bonds. The Morgan fingerprint density at radius 3 is 2.72 bits per heavy atom. The molecule has 0 radical (unpaired) electrons. The number of carbonyl (C=O) groups is 1. The van der Waals surface area contributed by atoms with Gasteiger partial charge in [0.15, 0.2) is 0 Å². The molecule has 0 saturated heterocycles. The zero-order chi connectivity index (χ0) is 13.0. The van der Waals surface area contributed by atoms with Crippen LogP contribution in [0.5, 0.6) is 0 Å². The number of aromatic nitrogens is 1. The van der Waals surface area contributed by atoms with Crippen molar-refractivity contribution in [2.75, 3.05) is 5.73 Å². The summed E-state index contributed by atoms with van der Waals surface area (Å²) in [5, 5.41) is 0. The highest BCUT2D eigenvalue weighted by molar-refractivity contribution is 5.90. The molecule has 18 heavy (non-hydrogen) atoms. The van der Waals surface area contributed by atoms with Crippen LogP contribution in [0, 0.1) is 5.82 Å². The Bertz CT molecular complexity index is 558. The average molecular weight is 246 g/mol. The number of carbonyl (C=O) groups excluding carboxylic acids is 1. The molecule has 0 aliphatic heterocycles. The fourth-order valence-electron chi connectivity index (χ4n) is 1.40. The van der Waals surface area contributed by atoms with Crippen molar-refractivity contribution in [1.29, 1.82) is 0 Å². The van der Waals surface area contributed by atoms with Crippen molar-refractivity contribution in [2.24, 2.45) is 0 Å². The quantitative estimate of drug-likeness (QED) is 0.665. The Morgan fingerprint density at radius 2 is 2.00 bits per heavy atom. The molecular weight excluding hydrogens is 235 g/mol. The van der Waals surface area contributed by atoms with Gasteiger partial charge in [-0.2, -0.15) is 0 Å². The number of halogens is 1. The van der Waals surface area contributed by atoms with E-state index in [0.29, 0.717) is 5.69 Å². The van der Waals surface area contributed by atoms with Gasteiger partial charge < -0.3 is 10.5 Å². The van der Waals surface area contributed by atoms with E-state index in [2.05, 4.69) is 4.98 Å². The van der Waals surface area contributed by atoms with E-state index in [1.807, 2.05) is 0 Å². The third-order valence-electron chi connectivity index (χ3n) is 2.33. The highest BCUT2D eigenvalue weighted by Gasteiger charge is 2.13. The van der Waals surface area contributed by atoms with Crippen LogP contribution >= 0.6 is 0 Å². The van der Waals surface area contributed by atoms with Crippen molar-refractivity contribution >= 4 is 11.7 Å². The maximum Gasteiger partial charge on any atom is 0.341 e. The molecule has 0 aliphatic rings. The third kappa shape index (κ3) is 2.82. The van der Waals surface area contributed by atoms with E-state index in [1.54, 1.807) is 24.5 Å². The van der Waals surface area contributed by atoms with E-state index in [-0.39, 0.29) is 12.2 Å². The van der Waals surface area contributed by atoms with Gasteiger partial charge >= 0.3 is 5.97 Å². The molecule has 0 aliphatic carbocycles. The molecule has 1 heterocycles. The molecule has 0 spiro atoms. The van der Waals surface area contributed by atoms with Crippen LogP contribution in [0.25, 0.3) is 0 Å². The molecule has 0 unspecified atom stereocenters. The highest BCUT2D eigenvalue weighted by atomic mass is 19.1. The number of nitrogen functional groups attached to an aromatic ring is 1. The third-order valence-corrected chi connectivity index (χ3v) is 2.33. The summed E-state index contributed by atoms with van der Waals surface area (Å²) in [6.45, 7) is 0.0651. The van der Waals surface area contributed by atoms with Crippen molar-refractivity contribution in [3.8, 4) is 0 Å². The minimum atomic E-state index is -0.739. The number of benzene rings is 1. The maximum atomic E-state index is 13.4. The molecule has 5 heteroatoms. The fraction of sp³-hybridized carbons (Fsp3) is 0.0769. The van der Waals surface area contributed by atoms with Gasteiger partial charge in [-0.3, -0.25) is 4.98 Å². The summed E-state index contributed by atoms with van der Waals surface area (Å²) in [4.78, 5) is 15.5. The molecule has 0 saturated carbocycles. The summed E-state index contributed by atoms with van der Waals surface area (Å²) in [6, 6.07) is 7.20. The molecule has 2 N–H and O–H groups in total. The Balaban J connectivity index is 2.06. The Labute approximate surface area is 103 Å². The van der Waals surface area contributed by atoms with Crippen molar-refractivity contribution in [2.45, 2.75) is 6.61 Å². The van der Waals surface area contributed by atoms with Gasteiger partial charge in [-0.15, -0.1) is 0 Å². The summed E-state index contributed by atoms with van der Waals surface area (Å²) >= 11 is 0. The molecule has 1 aromatic carbocycles. The van der Waals surface area contributed by atoms with E-state index >= 15 is 0 Å². The summed E-state index contributed by atoms with van der Waals surface area (Å²) in [5.74, 6) is -1.39.